The second-order valence-corrected chi connectivity index (χ2v) is 6.64. The number of piperidine rings is 1. The van der Waals surface area contributed by atoms with Gasteiger partial charge in [-0.15, -0.1) is 6.58 Å². The number of likely N-dealkylation sites (tertiary alicyclic amines) is 1. The van der Waals surface area contributed by atoms with Crippen LogP contribution in [0.5, 0.6) is 0 Å². The number of carbonyl (C=O) groups is 1. The van der Waals surface area contributed by atoms with Crippen molar-refractivity contribution in [1.29, 1.82) is 0 Å². The van der Waals surface area contributed by atoms with Crippen LogP contribution >= 0.6 is 0 Å². The Kier molecular flexibility index (Phi) is 6.24. The Labute approximate surface area is 128 Å². The Morgan fingerprint density at radius 1 is 1.33 bits per heavy atom. The second-order valence-electron chi connectivity index (χ2n) is 6.64. The fourth-order valence-electron chi connectivity index (χ4n) is 3.64. The van der Waals surface area contributed by atoms with Gasteiger partial charge in [0.25, 0.3) is 5.91 Å². The fraction of sp³-hybridized carbons (Fsp3) is 0.824. The zero-order valence-electron chi connectivity index (χ0n) is 13.1. The van der Waals surface area contributed by atoms with Crippen LogP contribution in [0.2, 0.25) is 0 Å². The van der Waals surface area contributed by atoms with E-state index < -0.39 is 5.60 Å². The molecule has 0 aromatic rings. The van der Waals surface area contributed by atoms with E-state index in [-0.39, 0.29) is 5.91 Å². The molecule has 0 aromatic heterocycles. The lowest BCUT2D eigenvalue weighted by molar-refractivity contribution is -0.156. The first kappa shape index (κ1) is 16.5. The largest absolute Gasteiger partial charge is 0.379 e. The van der Waals surface area contributed by atoms with Gasteiger partial charge in [0.15, 0.2) is 5.60 Å². The summed E-state index contributed by atoms with van der Waals surface area (Å²) in [5.74, 6) is 0.696. The summed E-state index contributed by atoms with van der Waals surface area (Å²) in [6.45, 7) is 6.21. The summed E-state index contributed by atoms with van der Waals surface area (Å²) in [6, 6.07) is 0. The first-order valence-corrected chi connectivity index (χ1v) is 8.49. The summed E-state index contributed by atoms with van der Waals surface area (Å²) < 4.78 is 0. The lowest BCUT2D eigenvalue weighted by Crippen LogP contribution is -2.58. The van der Waals surface area contributed by atoms with Crippen LogP contribution in [0.4, 0.5) is 0 Å². The second kappa shape index (κ2) is 7.95. The van der Waals surface area contributed by atoms with E-state index >= 15 is 0 Å². The molecule has 4 nitrogen and oxygen atoms in total. The summed E-state index contributed by atoms with van der Waals surface area (Å²) in [6.07, 6.45) is 11.0. The van der Waals surface area contributed by atoms with Crippen LogP contribution in [0.3, 0.4) is 0 Å². The van der Waals surface area contributed by atoms with Crippen molar-refractivity contribution in [3.63, 3.8) is 0 Å². The number of nitrogens with one attached hydrogen (secondary N) is 1. The number of hydrogen-bond acceptors (Lipinski definition) is 3. The van der Waals surface area contributed by atoms with Gasteiger partial charge in [-0.3, -0.25) is 4.79 Å². The van der Waals surface area contributed by atoms with Crippen molar-refractivity contribution in [3.8, 4) is 0 Å². The van der Waals surface area contributed by atoms with Crippen LogP contribution in [0, 0.1) is 5.92 Å². The maximum absolute atomic E-state index is 12.5. The Morgan fingerprint density at radius 3 is 2.81 bits per heavy atom. The first-order valence-electron chi connectivity index (χ1n) is 8.49. The molecule has 1 saturated heterocycles. The molecule has 1 atom stereocenters. The van der Waals surface area contributed by atoms with Gasteiger partial charge in [-0.25, -0.2) is 0 Å². The number of nitrogens with zero attached hydrogens (tertiary/aromatic N) is 1. The van der Waals surface area contributed by atoms with E-state index in [9.17, 15) is 9.90 Å². The molecule has 0 spiro atoms. The molecule has 4 heteroatoms. The van der Waals surface area contributed by atoms with Crippen LogP contribution in [0.1, 0.15) is 51.4 Å². The molecular formula is C17H30N2O2. The third-order valence-corrected chi connectivity index (χ3v) is 4.94. The predicted molar refractivity (Wildman–Crippen MR) is 85.0 cm³/mol. The molecule has 2 N–H and O–H groups in total. The summed E-state index contributed by atoms with van der Waals surface area (Å²) in [7, 11) is 0. The van der Waals surface area contributed by atoms with Gasteiger partial charge in [0.05, 0.1) is 0 Å². The molecule has 2 fully saturated rings. The molecule has 21 heavy (non-hydrogen) atoms. The summed E-state index contributed by atoms with van der Waals surface area (Å²) in [4.78, 5) is 14.4. The lowest BCUT2D eigenvalue weighted by atomic mass is 9.86. The monoisotopic (exact) mass is 294 g/mol. The van der Waals surface area contributed by atoms with Crippen molar-refractivity contribution < 1.29 is 9.90 Å². The topological polar surface area (TPSA) is 52.6 Å². The molecular weight excluding hydrogens is 264 g/mol. The van der Waals surface area contributed by atoms with Crippen molar-refractivity contribution in [3.05, 3.63) is 12.7 Å². The Bertz CT molecular complexity index is 353. The molecule has 1 aliphatic carbocycles. The zero-order chi connectivity index (χ0) is 15.1. The van der Waals surface area contributed by atoms with E-state index in [0.29, 0.717) is 19.5 Å². The number of rotatable bonds is 7. The summed E-state index contributed by atoms with van der Waals surface area (Å²) in [5, 5.41) is 13.7. The van der Waals surface area contributed by atoms with Crippen LogP contribution in [-0.2, 0) is 4.79 Å². The minimum atomic E-state index is -1.21. The molecule has 0 bridgehead atoms. The van der Waals surface area contributed by atoms with Gasteiger partial charge >= 0.3 is 0 Å². The van der Waals surface area contributed by atoms with Crippen molar-refractivity contribution in [2.24, 2.45) is 5.92 Å². The summed E-state index contributed by atoms with van der Waals surface area (Å²) in [5.41, 5.74) is -1.21. The van der Waals surface area contributed by atoms with Gasteiger partial charge in [0.2, 0.25) is 0 Å². The minimum absolute atomic E-state index is 0.0823. The molecule has 1 amide bonds. The van der Waals surface area contributed by atoms with E-state index in [1.165, 1.54) is 32.1 Å². The lowest BCUT2D eigenvalue weighted by Gasteiger charge is -2.39. The van der Waals surface area contributed by atoms with Gasteiger partial charge in [-0.2, -0.15) is 0 Å². The maximum Gasteiger partial charge on any atom is 0.255 e. The summed E-state index contributed by atoms with van der Waals surface area (Å²) >= 11 is 0. The molecule has 1 heterocycles. The molecule has 120 valence electrons. The van der Waals surface area contributed by atoms with Crippen molar-refractivity contribution >= 4 is 5.91 Å². The fourth-order valence-corrected chi connectivity index (χ4v) is 3.64. The normalized spacial score (nSPS) is 27.9. The van der Waals surface area contributed by atoms with Gasteiger partial charge in [0.1, 0.15) is 0 Å². The van der Waals surface area contributed by atoms with Crippen LogP contribution in [0.15, 0.2) is 12.7 Å². The highest BCUT2D eigenvalue weighted by molar-refractivity contribution is 5.86. The molecule has 1 aliphatic heterocycles. The third kappa shape index (κ3) is 4.55. The van der Waals surface area contributed by atoms with Crippen LogP contribution in [0.25, 0.3) is 0 Å². The zero-order valence-corrected chi connectivity index (χ0v) is 13.1. The Morgan fingerprint density at radius 2 is 2.10 bits per heavy atom. The van der Waals surface area contributed by atoms with E-state index in [4.69, 9.17) is 0 Å². The Hall–Kier alpha value is -0.870. The number of hydrogen-bond donors (Lipinski definition) is 2. The quantitative estimate of drug-likeness (QED) is 0.558. The van der Waals surface area contributed by atoms with E-state index in [1.54, 1.807) is 6.08 Å². The third-order valence-electron chi connectivity index (χ3n) is 4.94. The first-order chi connectivity index (χ1) is 10.2. The average molecular weight is 294 g/mol. The molecule has 0 aromatic carbocycles. The highest BCUT2D eigenvalue weighted by Gasteiger charge is 2.41. The maximum atomic E-state index is 12.5. The van der Waals surface area contributed by atoms with Gasteiger partial charge < -0.3 is 15.3 Å². The number of aliphatic hydroxyl groups is 1. The molecule has 2 rings (SSSR count). The van der Waals surface area contributed by atoms with Gasteiger partial charge in [0, 0.05) is 26.2 Å². The highest BCUT2D eigenvalue weighted by Crippen LogP contribution is 2.28. The van der Waals surface area contributed by atoms with Gasteiger partial charge in [-0.05, 0) is 25.2 Å². The van der Waals surface area contributed by atoms with E-state index in [2.05, 4.69) is 11.9 Å². The molecule has 1 unspecified atom stereocenters. The van der Waals surface area contributed by atoms with Gasteiger partial charge in [-0.1, -0.05) is 38.2 Å². The minimum Gasteiger partial charge on any atom is -0.379 e. The SMILES string of the molecule is C=CCNCC1(O)CCCN(CCC2CCCCC2)C1=O. The molecule has 0 radical (unpaired) electrons. The van der Waals surface area contributed by atoms with Crippen LogP contribution in [-0.4, -0.2) is 47.7 Å². The van der Waals surface area contributed by atoms with Crippen molar-refractivity contribution in [1.82, 2.24) is 10.2 Å². The number of carbonyl (C=O) groups excluding carboxylic acids is 1. The highest BCUT2D eigenvalue weighted by atomic mass is 16.3. The standard InChI is InChI=1S/C17H30N2O2/c1-2-11-18-14-17(21)10-6-12-19(16(17)20)13-9-15-7-4-3-5-8-15/h2,15,18,21H,1,3-14H2. The smallest absolute Gasteiger partial charge is 0.255 e. The van der Waals surface area contributed by atoms with Crippen LogP contribution < -0.4 is 5.32 Å². The predicted octanol–water partition coefficient (Wildman–Crippen LogP) is 2.09. The van der Waals surface area contributed by atoms with Crippen molar-refractivity contribution in [2.75, 3.05) is 26.2 Å². The molecule has 2 aliphatic rings. The number of amides is 1. The van der Waals surface area contributed by atoms with Crippen molar-refractivity contribution in [2.45, 2.75) is 57.0 Å². The Balaban J connectivity index is 1.82. The molecule has 1 saturated carbocycles. The van der Waals surface area contributed by atoms with E-state index in [1.807, 2.05) is 4.90 Å². The average Bonchev–Trinajstić information content (AvgIpc) is 2.50. The van der Waals surface area contributed by atoms with E-state index in [0.717, 1.165) is 31.8 Å².